The molecule has 130 valence electrons. The van der Waals surface area contributed by atoms with Crippen molar-refractivity contribution in [2.75, 3.05) is 19.6 Å². The first-order valence-corrected chi connectivity index (χ1v) is 8.45. The zero-order valence-electron chi connectivity index (χ0n) is 12.4. The molecule has 1 aliphatic heterocycles. The van der Waals surface area contributed by atoms with Crippen molar-refractivity contribution in [2.24, 2.45) is 11.7 Å². The lowest BCUT2D eigenvalue weighted by molar-refractivity contribution is -0.390. The lowest BCUT2D eigenvalue weighted by atomic mass is 9.96. The van der Waals surface area contributed by atoms with Crippen LogP contribution >= 0.6 is 12.4 Å². The molecule has 0 spiro atoms. The highest BCUT2D eigenvalue weighted by atomic mass is 35.5. The number of benzene rings is 1. The molecular formula is C13H19ClFN3O4S. The monoisotopic (exact) mass is 367 g/mol. The van der Waals surface area contributed by atoms with Crippen LogP contribution in [0.15, 0.2) is 23.1 Å². The maximum Gasteiger partial charge on any atom is 0.324 e. The zero-order valence-corrected chi connectivity index (χ0v) is 14.0. The van der Waals surface area contributed by atoms with Gasteiger partial charge in [0.15, 0.2) is 4.90 Å². The lowest BCUT2D eigenvalue weighted by Gasteiger charge is -2.31. The SMILES string of the molecule is Cl.NCCC1CCCN(S(=O)(=O)c2cccc(F)c2[N+](=O)[O-])C1. The van der Waals surface area contributed by atoms with Crippen molar-refractivity contribution in [1.82, 2.24) is 4.31 Å². The molecule has 1 atom stereocenters. The summed E-state index contributed by atoms with van der Waals surface area (Å²) >= 11 is 0. The van der Waals surface area contributed by atoms with Gasteiger partial charge in [0.1, 0.15) is 0 Å². The van der Waals surface area contributed by atoms with Crippen molar-refractivity contribution in [3.05, 3.63) is 34.1 Å². The van der Waals surface area contributed by atoms with Crippen LogP contribution in [0.2, 0.25) is 0 Å². The Labute approximate surface area is 140 Å². The second kappa shape index (κ2) is 8.00. The molecule has 2 N–H and O–H groups in total. The van der Waals surface area contributed by atoms with Gasteiger partial charge in [0.25, 0.3) is 0 Å². The number of hydrogen-bond acceptors (Lipinski definition) is 5. The number of rotatable bonds is 5. The number of nitrogens with zero attached hydrogens (tertiary/aromatic N) is 2. The summed E-state index contributed by atoms with van der Waals surface area (Å²) in [4.78, 5) is 9.42. The molecule has 0 radical (unpaired) electrons. The van der Waals surface area contributed by atoms with Gasteiger partial charge in [-0.2, -0.15) is 8.70 Å². The fourth-order valence-corrected chi connectivity index (χ4v) is 4.46. The molecule has 2 rings (SSSR count). The first kappa shape index (κ1) is 19.8. The molecule has 1 heterocycles. The molecule has 7 nitrogen and oxygen atoms in total. The Morgan fingerprint density at radius 2 is 2.13 bits per heavy atom. The number of nitrogens with two attached hydrogens (primary N) is 1. The number of nitro groups is 1. The first-order chi connectivity index (χ1) is 10.4. The molecule has 1 aromatic carbocycles. The highest BCUT2D eigenvalue weighted by Crippen LogP contribution is 2.31. The van der Waals surface area contributed by atoms with Crippen LogP contribution in [0, 0.1) is 21.8 Å². The van der Waals surface area contributed by atoms with Crippen molar-refractivity contribution >= 4 is 28.1 Å². The van der Waals surface area contributed by atoms with Crippen LogP contribution in [-0.4, -0.2) is 37.3 Å². The number of para-hydroxylation sites is 1. The highest BCUT2D eigenvalue weighted by molar-refractivity contribution is 7.89. The normalized spacial score (nSPS) is 19.1. The van der Waals surface area contributed by atoms with Crippen LogP contribution in [0.4, 0.5) is 10.1 Å². The van der Waals surface area contributed by atoms with E-state index in [1.165, 1.54) is 4.31 Å². The van der Waals surface area contributed by atoms with Crippen LogP contribution in [0.1, 0.15) is 19.3 Å². The van der Waals surface area contributed by atoms with E-state index in [4.69, 9.17) is 5.73 Å². The molecule has 0 amide bonds. The van der Waals surface area contributed by atoms with Crippen LogP contribution in [0.25, 0.3) is 0 Å². The Hall–Kier alpha value is -1.29. The quantitative estimate of drug-likeness (QED) is 0.631. The van der Waals surface area contributed by atoms with Crippen LogP contribution in [0.5, 0.6) is 0 Å². The third-order valence-corrected chi connectivity index (χ3v) is 5.70. The third-order valence-electron chi connectivity index (χ3n) is 3.81. The van der Waals surface area contributed by atoms with Gasteiger partial charge in [-0.05, 0) is 43.9 Å². The minimum atomic E-state index is -4.10. The smallest absolute Gasteiger partial charge is 0.324 e. The van der Waals surface area contributed by atoms with Crippen molar-refractivity contribution < 1.29 is 17.7 Å². The Morgan fingerprint density at radius 1 is 1.43 bits per heavy atom. The number of hydrogen-bond donors (Lipinski definition) is 1. The predicted octanol–water partition coefficient (Wildman–Crippen LogP) is 1.91. The third kappa shape index (κ3) is 4.17. The Balaban J connectivity index is 0.00000264. The molecule has 1 aromatic rings. The maximum atomic E-state index is 13.7. The summed E-state index contributed by atoms with van der Waals surface area (Å²) in [6.45, 7) is 0.989. The molecule has 0 bridgehead atoms. The van der Waals surface area contributed by atoms with Gasteiger partial charge in [0.05, 0.1) is 4.92 Å². The van der Waals surface area contributed by atoms with E-state index in [2.05, 4.69) is 0 Å². The van der Waals surface area contributed by atoms with E-state index in [9.17, 15) is 22.9 Å². The molecule has 23 heavy (non-hydrogen) atoms. The summed E-state index contributed by atoms with van der Waals surface area (Å²) in [6.07, 6.45) is 2.22. The summed E-state index contributed by atoms with van der Waals surface area (Å²) in [5.74, 6) is -1.03. The number of sulfonamides is 1. The minimum absolute atomic E-state index is 0. The van der Waals surface area contributed by atoms with Crippen LogP contribution < -0.4 is 5.73 Å². The van der Waals surface area contributed by atoms with Crippen molar-refractivity contribution in [1.29, 1.82) is 0 Å². The van der Waals surface area contributed by atoms with Crippen LogP contribution in [-0.2, 0) is 10.0 Å². The van der Waals surface area contributed by atoms with Gasteiger partial charge in [0.2, 0.25) is 15.8 Å². The topological polar surface area (TPSA) is 107 Å². The molecule has 0 saturated carbocycles. The Kier molecular flexibility index (Phi) is 6.87. The van der Waals surface area contributed by atoms with Crippen molar-refractivity contribution in [3.63, 3.8) is 0 Å². The number of piperidine rings is 1. The van der Waals surface area contributed by atoms with Crippen LogP contribution in [0.3, 0.4) is 0 Å². The Morgan fingerprint density at radius 3 is 2.74 bits per heavy atom. The van der Waals surface area contributed by atoms with E-state index in [1.54, 1.807) is 0 Å². The lowest BCUT2D eigenvalue weighted by Crippen LogP contribution is -2.40. The fraction of sp³-hybridized carbons (Fsp3) is 0.538. The zero-order chi connectivity index (χ0) is 16.3. The van der Waals surface area contributed by atoms with E-state index < -0.39 is 31.3 Å². The minimum Gasteiger partial charge on any atom is -0.330 e. The molecule has 1 fully saturated rings. The molecule has 1 aliphatic rings. The van der Waals surface area contributed by atoms with Gasteiger partial charge in [-0.3, -0.25) is 10.1 Å². The van der Waals surface area contributed by atoms with E-state index in [0.29, 0.717) is 19.4 Å². The molecule has 1 saturated heterocycles. The second-order valence-corrected chi connectivity index (χ2v) is 7.20. The summed E-state index contributed by atoms with van der Waals surface area (Å²) in [7, 11) is -4.10. The maximum absolute atomic E-state index is 13.7. The molecular weight excluding hydrogens is 349 g/mol. The van der Waals surface area contributed by atoms with E-state index in [1.807, 2.05) is 0 Å². The van der Waals surface area contributed by atoms with E-state index in [0.717, 1.165) is 24.6 Å². The highest BCUT2D eigenvalue weighted by Gasteiger charge is 2.36. The fourth-order valence-electron chi connectivity index (χ4n) is 2.74. The molecule has 1 unspecified atom stereocenters. The van der Waals surface area contributed by atoms with Crippen molar-refractivity contribution in [2.45, 2.75) is 24.2 Å². The van der Waals surface area contributed by atoms with Gasteiger partial charge in [-0.25, -0.2) is 8.42 Å². The second-order valence-electron chi connectivity index (χ2n) is 5.29. The largest absolute Gasteiger partial charge is 0.330 e. The first-order valence-electron chi connectivity index (χ1n) is 7.01. The predicted molar refractivity (Wildman–Crippen MR) is 85.5 cm³/mol. The average molecular weight is 368 g/mol. The standard InChI is InChI=1S/C13H18FN3O4S.ClH/c14-11-4-1-5-12(13(11)17(18)19)22(20,21)16-8-2-3-10(9-16)6-7-15;/h1,4-5,10H,2-3,6-9,15H2;1H. The van der Waals surface area contributed by atoms with Gasteiger partial charge in [0, 0.05) is 13.1 Å². The van der Waals surface area contributed by atoms with Gasteiger partial charge in [-0.1, -0.05) is 6.07 Å². The molecule has 10 heteroatoms. The van der Waals surface area contributed by atoms with Gasteiger partial charge < -0.3 is 5.73 Å². The number of halogens is 2. The molecule has 0 aromatic heterocycles. The summed E-state index contributed by atoms with van der Waals surface area (Å²) < 4.78 is 40.1. The van der Waals surface area contributed by atoms with E-state index >= 15 is 0 Å². The van der Waals surface area contributed by atoms with E-state index in [-0.39, 0.29) is 31.4 Å². The summed E-state index contributed by atoms with van der Waals surface area (Å²) in [5, 5.41) is 11.0. The number of nitro benzene ring substituents is 1. The summed E-state index contributed by atoms with van der Waals surface area (Å²) in [5.41, 5.74) is 4.51. The molecule has 0 aliphatic carbocycles. The van der Waals surface area contributed by atoms with Gasteiger partial charge in [-0.15, -0.1) is 12.4 Å². The van der Waals surface area contributed by atoms with Gasteiger partial charge >= 0.3 is 5.69 Å². The average Bonchev–Trinajstić information content (AvgIpc) is 2.47. The van der Waals surface area contributed by atoms with Crippen molar-refractivity contribution in [3.8, 4) is 0 Å². The summed E-state index contributed by atoms with van der Waals surface area (Å²) in [6, 6.07) is 3.12. The Bertz CT molecular complexity index is 669.